The molecule has 3 aromatic rings. The molecule has 9 heteroatoms. The summed E-state index contributed by atoms with van der Waals surface area (Å²) in [6, 6.07) is 10.7. The zero-order valence-corrected chi connectivity index (χ0v) is 16.4. The Morgan fingerprint density at radius 2 is 1.79 bits per heavy atom. The minimum Gasteiger partial charge on any atom is -0.379 e. The van der Waals surface area contributed by atoms with Crippen LogP contribution in [0, 0.1) is 0 Å². The zero-order chi connectivity index (χ0) is 20.2. The number of aromatic nitrogens is 3. The van der Waals surface area contributed by atoms with E-state index in [4.69, 9.17) is 16.3 Å². The molecule has 0 radical (unpaired) electrons. The Labute approximate surface area is 172 Å². The molecule has 0 aliphatic carbocycles. The number of morpholine rings is 1. The lowest BCUT2D eigenvalue weighted by Gasteiger charge is -2.26. The van der Waals surface area contributed by atoms with Crippen LogP contribution in [0.3, 0.4) is 0 Å². The number of benzene rings is 1. The van der Waals surface area contributed by atoms with Crippen LogP contribution in [0.4, 0.5) is 0 Å². The topological polar surface area (TPSA) is 88.8 Å². The molecule has 1 aliphatic heterocycles. The fraction of sp³-hybridized carbons (Fsp3) is 0.300. The summed E-state index contributed by atoms with van der Waals surface area (Å²) in [6.45, 7) is 4.07. The van der Waals surface area contributed by atoms with Crippen molar-refractivity contribution in [3.05, 3.63) is 74.8 Å². The smallest absolute Gasteiger partial charge is 0.289 e. The van der Waals surface area contributed by atoms with Crippen molar-refractivity contribution in [2.24, 2.45) is 0 Å². The molecule has 29 heavy (non-hydrogen) atoms. The number of carbonyl (C=O) groups is 1. The van der Waals surface area contributed by atoms with Gasteiger partial charge in [-0.3, -0.25) is 18.9 Å². The van der Waals surface area contributed by atoms with Crippen LogP contribution in [0.2, 0.25) is 5.02 Å². The van der Waals surface area contributed by atoms with Crippen molar-refractivity contribution in [1.82, 2.24) is 24.8 Å². The van der Waals surface area contributed by atoms with E-state index in [1.807, 2.05) is 6.07 Å². The lowest BCUT2D eigenvalue weighted by molar-refractivity contribution is 0.0341. The van der Waals surface area contributed by atoms with Crippen LogP contribution in [0.25, 0.3) is 5.65 Å². The highest BCUT2D eigenvalue weighted by Crippen LogP contribution is 2.10. The first-order valence-electron chi connectivity index (χ1n) is 9.31. The Morgan fingerprint density at radius 3 is 2.55 bits per heavy atom. The van der Waals surface area contributed by atoms with Crippen molar-refractivity contribution in [3.63, 3.8) is 0 Å². The molecular formula is C20H20ClN5O3. The summed E-state index contributed by atoms with van der Waals surface area (Å²) in [6.07, 6.45) is 1.72. The number of carbonyl (C=O) groups excluding carboxylic acids is 1. The van der Waals surface area contributed by atoms with Gasteiger partial charge in [-0.05, 0) is 29.3 Å². The van der Waals surface area contributed by atoms with E-state index in [-0.39, 0.29) is 12.2 Å². The molecule has 0 saturated carbocycles. The number of hydrogen-bond donors (Lipinski definition) is 1. The van der Waals surface area contributed by atoms with Crippen molar-refractivity contribution in [2.45, 2.75) is 13.1 Å². The van der Waals surface area contributed by atoms with Crippen molar-refractivity contribution < 1.29 is 9.53 Å². The number of halogens is 1. The van der Waals surface area contributed by atoms with Crippen molar-refractivity contribution >= 4 is 23.2 Å². The summed E-state index contributed by atoms with van der Waals surface area (Å²) in [5.74, 6) is -0.564. The summed E-state index contributed by atoms with van der Waals surface area (Å²) >= 11 is 5.86. The highest BCUT2D eigenvalue weighted by molar-refractivity contribution is 6.30. The van der Waals surface area contributed by atoms with E-state index in [0.717, 1.165) is 24.2 Å². The van der Waals surface area contributed by atoms with Crippen molar-refractivity contribution in [2.75, 3.05) is 26.3 Å². The Bertz CT molecular complexity index is 1080. The van der Waals surface area contributed by atoms with Gasteiger partial charge in [-0.15, -0.1) is 10.2 Å². The normalized spacial score (nSPS) is 14.8. The van der Waals surface area contributed by atoms with E-state index in [0.29, 0.717) is 30.4 Å². The van der Waals surface area contributed by atoms with Gasteiger partial charge < -0.3 is 10.1 Å². The Kier molecular flexibility index (Phi) is 5.84. The quantitative estimate of drug-likeness (QED) is 0.682. The van der Waals surface area contributed by atoms with E-state index in [9.17, 15) is 9.59 Å². The molecular weight excluding hydrogens is 394 g/mol. The molecule has 8 nitrogen and oxygen atoms in total. The highest BCUT2D eigenvalue weighted by atomic mass is 35.5. The molecule has 1 aromatic carbocycles. The van der Waals surface area contributed by atoms with E-state index < -0.39 is 11.5 Å². The third kappa shape index (κ3) is 4.61. The van der Waals surface area contributed by atoms with E-state index in [1.165, 1.54) is 4.40 Å². The summed E-state index contributed by atoms with van der Waals surface area (Å²) in [4.78, 5) is 27.5. The second kappa shape index (κ2) is 8.69. The molecule has 1 saturated heterocycles. The van der Waals surface area contributed by atoms with Crippen LogP contribution in [0.1, 0.15) is 21.6 Å². The van der Waals surface area contributed by atoms with Crippen molar-refractivity contribution in [1.29, 1.82) is 0 Å². The number of rotatable bonds is 5. The van der Waals surface area contributed by atoms with Gasteiger partial charge in [-0.1, -0.05) is 29.8 Å². The summed E-state index contributed by atoms with van der Waals surface area (Å²) < 4.78 is 6.74. The number of hydrogen-bond acceptors (Lipinski definition) is 6. The molecule has 0 unspecified atom stereocenters. The molecule has 1 amide bonds. The molecule has 1 N–H and O–H groups in total. The predicted octanol–water partition coefficient (Wildman–Crippen LogP) is 1.51. The van der Waals surface area contributed by atoms with Gasteiger partial charge in [0.2, 0.25) is 5.69 Å². The Morgan fingerprint density at radius 1 is 1.07 bits per heavy atom. The maximum absolute atomic E-state index is 12.8. The van der Waals surface area contributed by atoms with Gasteiger partial charge in [0.15, 0.2) is 5.65 Å². The number of amides is 1. The fourth-order valence-corrected chi connectivity index (χ4v) is 3.29. The zero-order valence-electron chi connectivity index (χ0n) is 15.7. The Hall–Kier alpha value is -2.81. The molecule has 150 valence electrons. The third-order valence-corrected chi connectivity index (χ3v) is 5.01. The van der Waals surface area contributed by atoms with Crippen LogP contribution in [-0.2, 0) is 17.8 Å². The van der Waals surface area contributed by atoms with Crippen LogP contribution in [0.5, 0.6) is 0 Å². The second-order valence-electron chi connectivity index (χ2n) is 6.82. The maximum atomic E-state index is 12.8. The summed E-state index contributed by atoms with van der Waals surface area (Å²) in [5, 5.41) is 11.2. The maximum Gasteiger partial charge on any atom is 0.289 e. The first-order chi connectivity index (χ1) is 14.1. The monoisotopic (exact) mass is 413 g/mol. The number of fused-ring (bicyclic) bond motifs is 1. The minimum absolute atomic E-state index is 0.236. The molecule has 4 rings (SSSR count). The average Bonchev–Trinajstić information content (AvgIpc) is 2.74. The number of ether oxygens (including phenoxy) is 1. The van der Waals surface area contributed by atoms with E-state index >= 15 is 0 Å². The Balaban J connectivity index is 1.52. The molecule has 0 spiro atoms. The van der Waals surface area contributed by atoms with Crippen LogP contribution in [-0.4, -0.2) is 51.7 Å². The van der Waals surface area contributed by atoms with Crippen LogP contribution >= 0.6 is 11.6 Å². The molecule has 0 atom stereocenters. The molecule has 2 aromatic heterocycles. The number of nitrogens with one attached hydrogen (secondary N) is 1. The van der Waals surface area contributed by atoms with Gasteiger partial charge in [-0.25, -0.2) is 0 Å². The summed E-state index contributed by atoms with van der Waals surface area (Å²) in [5.41, 5.74) is 1.49. The first kappa shape index (κ1) is 19.5. The van der Waals surface area contributed by atoms with Gasteiger partial charge in [0, 0.05) is 37.4 Å². The molecule has 1 fully saturated rings. The van der Waals surface area contributed by atoms with Gasteiger partial charge >= 0.3 is 0 Å². The standard InChI is InChI=1S/C20H20ClN5O3/c21-16-4-1-14(2-5-16)11-22-19(27)18-20(28)26-13-15(3-6-17(26)23-24-18)12-25-7-9-29-10-8-25/h1-6,13H,7-12H2,(H,22,27). The second-order valence-corrected chi connectivity index (χ2v) is 7.25. The number of pyridine rings is 1. The largest absolute Gasteiger partial charge is 0.379 e. The van der Waals surface area contributed by atoms with Crippen molar-refractivity contribution in [3.8, 4) is 0 Å². The van der Waals surface area contributed by atoms with Gasteiger partial charge in [-0.2, -0.15) is 0 Å². The lowest BCUT2D eigenvalue weighted by atomic mass is 10.2. The summed E-state index contributed by atoms with van der Waals surface area (Å²) in [7, 11) is 0. The molecule has 3 heterocycles. The number of nitrogens with zero attached hydrogens (tertiary/aromatic N) is 4. The SMILES string of the molecule is O=C(NCc1ccc(Cl)cc1)c1nnc2ccc(CN3CCOCC3)cn2c1=O. The van der Waals surface area contributed by atoms with E-state index in [2.05, 4.69) is 20.4 Å². The fourth-order valence-electron chi connectivity index (χ4n) is 3.16. The lowest BCUT2D eigenvalue weighted by Crippen LogP contribution is -2.36. The average molecular weight is 414 g/mol. The van der Waals surface area contributed by atoms with Gasteiger partial charge in [0.1, 0.15) is 0 Å². The van der Waals surface area contributed by atoms with Crippen LogP contribution in [0.15, 0.2) is 47.4 Å². The van der Waals surface area contributed by atoms with E-state index in [1.54, 1.807) is 36.5 Å². The highest BCUT2D eigenvalue weighted by Gasteiger charge is 2.16. The van der Waals surface area contributed by atoms with Crippen LogP contribution < -0.4 is 10.9 Å². The minimum atomic E-state index is -0.564. The van der Waals surface area contributed by atoms with Gasteiger partial charge in [0.05, 0.1) is 13.2 Å². The molecule has 0 bridgehead atoms. The van der Waals surface area contributed by atoms with Gasteiger partial charge in [0.25, 0.3) is 11.5 Å². The molecule has 1 aliphatic rings. The first-order valence-corrected chi connectivity index (χ1v) is 9.69. The predicted molar refractivity (Wildman–Crippen MR) is 108 cm³/mol. The third-order valence-electron chi connectivity index (χ3n) is 4.75.